The van der Waals surface area contributed by atoms with E-state index >= 15 is 0 Å². The third-order valence-electron chi connectivity index (χ3n) is 2.36. The molecule has 18 heavy (non-hydrogen) atoms. The Balaban J connectivity index is 2.04. The lowest BCUT2D eigenvalue weighted by Gasteiger charge is -1.99. The number of thioether (sulfide) groups is 1. The highest BCUT2D eigenvalue weighted by atomic mass is 79.9. The number of aryl methyl sites for hydroxylation is 1. The van der Waals surface area contributed by atoms with Crippen molar-refractivity contribution in [2.75, 3.05) is 0 Å². The molecule has 5 heteroatoms. The Morgan fingerprint density at radius 3 is 2.61 bits per heavy atom. The Labute approximate surface area is 117 Å². The summed E-state index contributed by atoms with van der Waals surface area (Å²) in [6, 6.07) is 9.72. The first kappa shape index (κ1) is 13.2. The lowest BCUT2D eigenvalue weighted by atomic mass is 10.3. The minimum absolute atomic E-state index is 0.0291. The first-order chi connectivity index (χ1) is 8.56. The number of halogens is 1. The fraction of sp³-hybridized carbons (Fsp3) is 0.154. The molecule has 0 fully saturated rings. The highest BCUT2D eigenvalue weighted by Gasteiger charge is 2.14. The van der Waals surface area contributed by atoms with Crippen LogP contribution >= 0.6 is 27.7 Å². The van der Waals surface area contributed by atoms with Crippen LogP contribution in [0.3, 0.4) is 0 Å². The minimum Gasteiger partial charge on any atom is -0.475 e. The van der Waals surface area contributed by atoms with Gasteiger partial charge in [0, 0.05) is 14.9 Å². The third kappa shape index (κ3) is 3.17. The number of hydrogen-bond acceptors (Lipinski definition) is 3. The van der Waals surface area contributed by atoms with Crippen molar-refractivity contribution in [2.45, 2.75) is 17.6 Å². The molecule has 1 aromatic heterocycles. The van der Waals surface area contributed by atoms with Crippen molar-refractivity contribution in [3.63, 3.8) is 0 Å². The Hall–Kier alpha value is -1.20. The maximum Gasteiger partial charge on any atom is 0.372 e. The zero-order valence-electron chi connectivity index (χ0n) is 9.64. The molecular formula is C13H11BrO3S. The molecule has 0 unspecified atom stereocenters. The molecule has 0 radical (unpaired) electrons. The van der Waals surface area contributed by atoms with Crippen molar-refractivity contribution < 1.29 is 14.3 Å². The maximum absolute atomic E-state index is 10.8. The van der Waals surface area contributed by atoms with Gasteiger partial charge in [-0.25, -0.2) is 4.79 Å². The second kappa shape index (κ2) is 5.63. The van der Waals surface area contributed by atoms with E-state index < -0.39 is 5.97 Å². The predicted molar refractivity (Wildman–Crippen MR) is 74.1 cm³/mol. The van der Waals surface area contributed by atoms with E-state index in [4.69, 9.17) is 9.52 Å². The van der Waals surface area contributed by atoms with Gasteiger partial charge in [-0.3, -0.25) is 0 Å². The Kier molecular flexibility index (Phi) is 4.14. The highest BCUT2D eigenvalue weighted by Crippen LogP contribution is 2.26. The largest absolute Gasteiger partial charge is 0.475 e. The van der Waals surface area contributed by atoms with E-state index in [2.05, 4.69) is 15.9 Å². The number of carbonyl (C=O) groups is 1. The van der Waals surface area contributed by atoms with Gasteiger partial charge >= 0.3 is 5.97 Å². The van der Waals surface area contributed by atoms with Crippen LogP contribution in [-0.4, -0.2) is 11.1 Å². The van der Waals surface area contributed by atoms with E-state index in [1.807, 2.05) is 24.3 Å². The predicted octanol–water partition coefficient (Wildman–Crippen LogP) is 4.34. The van der Waals surface area contributed by atoms with Crippen LogP contribution < -0.4 is 0 Å². The van der Waals surface area contributed by atoms with E-state index in [-0.39, 0.29) is 5.76 Å². The highest BCUT2D eigenvalue weighted by molar-refractivity contribution is 9.10. The summed E-state index contributed by atoms with van der Waals surface area (Å²) in [7, 11) is 0. The van der Waals surface area contributed by atoms with Crippen molar-refractivity contribution in [2.24, 2.45) is 0 Å². The number of aromatic carboxylic acids is 1. The molecular weight excluding hydrogens is 316 g/mol. The number of rotatable bonds is 4. The van der Waals surface area contributed by atoms with E-state index in [0.29, 0.717) is 17.1 Å². The molecule has 0 aliphatic carbocycles. The lowest BCUT2D eigenvalue weighted by Crippen LogP contribution is -1.94. The molecule has 0 aliphatic heterocycles. The summed E-state index contributed by atoms with van der Waals surface area (Å²) in [4.78, 5) is 12.0. The van der Waals surface area contributed by atoms with Gasteiger partial charge in [0.05, 0.1) is 5.75 Å². The topological polar surface area (TPSA) is 50.4 Å². The molecule has 0 amide bonds. The van der Waals surface area contributed by atoms with Crippen molar-refractivity contribution in [1.82, 2.24) is 0 Å². The molecule has 0 saturated carbocycles. The number of hydrogen-bond donors (Lipinski definition) is 1. The molecule has 1 heterocycles. The summed E-state index contributed by atoms with van der Waals surface area (Å²) in [5.74, 6) is 0.307. The number of carboxylic acid groups (broad SMARTS) is 1. The Morgan fingerprint density at radius 1 is 1.39 bits per heavy atom. The summed E-state index contributed by atoms with van der Waals surface area (Å²) in [5, 5.41) is 8.89. The van der Waals surface area contributed by atoms with Crippen molar-refractivity contribution in [3.8, 4) is 0 Å². The molecule has 2 aromatic rings. The zero-order chi connectivity index (χ0) is 13.1. The molecule has 0 spiro atoms. The van der Waals surface area contributed by atoms with E-state index in [0.717, 1.165) is 9.37 Å². The van der Waals surface area contributed by atoms with E-state index in [1.54, 1.807) is 24.8 Å². The lowest BCUT2D eigenvalue weighted by molar-refractivity contribution is 0.0659. The van der Waals surface area contributed by atoms with Gasteiger partial charge in [-0.2, -0.15) is 0 Å². The third-order valence-corrected chi connectivity index (χ3v) is 3.92. The van der Waals surface area contributed by atoms with Crippen LogP contribution in [0, 0.1) is 6.92 Å². The van der Waals surface area contributed by atoms with Crippen LogP contribution in [0.4, 0.5) is 0 Å². The Bertz CT molecular complexity index is 560. The molecule has 0 saturated heterocycles. The molecule has 0 aliphatic rings. The summed E-state index contributed by atoms with van der Waals surface area (Å²) in [5.41, 5.74) is 0.661. The second-order valence-electron chi connectivity index (χ2n) is 3.77. The molecule has 0 bridgehead atoms. The minimum atomic E-state index is -1.02. The number of benzene rings is 1. The molecule has 1 N–H and O–H groups in total. The fourth-order valence-electron chi connectivity index (χ4n) is 1.52. The average Bonchev–Trinajstić information content (AvgIpc) is 2.70. The first-order valence-corrected chi connectivity index (χ1v) is 7.05. The van der Waals surface area contributed by atoms with Gasteiger partial charge in [-0.05, 0) is 37.3 Å². The normalized spacial score (nSPS) is 10.6. The monoisotopic (exact) mass is 326 g/mol. The van der Waals surface area contributed by atoms with Crippen LogP contribution in [0.5, 0.6) is 0 Å². The van der Waals surface area contributed by atoms with Crippen molar-refractivity contribution >= 4 is 33.7 Å². The quantitative estimate of drug-likeness (QED) is 0.849. The SMILES string of the molecule is Cc1cc(CSc2ccc(Br)cc2)oc1C(=O)O. The molecule has 94 valence electrons. The second-order valence-corrected chi connectivity index (χ2v) is 5.74. The number of furan rings is 1. The van der Waals surface area contributed by atoms with Gasteiger partial charge in [-0.15, -0.1) is 11.8 Å². The van der Waals surface area contributed by atoms with Crippen LogP contribution in [0.15, 0.2) is 44.1 Å². The fourth-order valence-corrected chi connectivity index (χ4v) is 2.56. The van der Waals surface area contributed by atoms with Crippen molar-refractivity contribution in [3.05, 3.63) is 51.9 Å². The van der Waals surface area contributed by atoms with Gasteiger partial charge in [0.1, 0.15) is 5.76 Å². The summed E-state index contributed by atoms with van der Waals surface area (Å²) >= 11 is 4.99. The zero-order valence-corrected chi connectivity index (χ0v) is 12.0. The summed E-state index contributed by atoms with van der Waals surface area (Å²) in [6.45, 7) is 1.74. The van der Waals surface area contributed by atoms with Crippen molar-refractivity contribution in [1.29, 1.82) is 0 Å². The number of carboxylic acids is 1. The summed E-state index contributed by atoms with van der Waals surface area (Å²) < 4.78 is 6.33. The van der Waals surface area contributed by atoms with Gasteiger partial charge in [0.25, 0.3) is 0 Å². The maximum atomic E-state index is 10.8. The van der Waals surface area contributed by atoms with Gasteiger partial charge in [-0.1, -0.05) is 15.9 Å². The van der Waals surface area contributed by atoms with Gasteiger partial charge in [0.2, 0.25) is 5.76 Å². The molecule has 0 atom stereocenters. The molecule has 1 aromatic carbocycles. The van der Waals surface area contributed by atoms with Crippen LogP contribution in [-0.2, 0) is 5.75 Å². The van der Waals surface area contributed by atoms with E-state index in [1.165, 1.54) is 0 Å². The smallest absolute Gasteiger partial charge is 0.372 e. The molecule has 3 nitrogen and oxygen atoms in total. The molecule has 2 rings (SSSR count). The van der Waals surface area contributed by atoms with Crippen LogP contribution in [0.1, 0.15) is 21.9 Å². The van der Waals surface area contributed by atoms with Crippen LogP contribution in [0.25, 0.3) is 0 Å². The van der Waals surface area contributed by atoms with E-state index in [9.17, 15) is 4.79 Å². The van der Waals surface area contributed by atoms with Gasteiger partial charge in [0.15, 0.2) is 0 Å². The Morgan fingerprint density at radius 2 is 2.06 bits per heavy atom. The summed E-state index contributed by atoms with van der Waals surface area (Å²) in [6.07, 6.45) is 0. The van der Waals surface area contributed by atoms with Crippen LogP contribution in [0.2, 0.25) is 0 Å². The standard InChI is InChI=1S/C13H11BrO3S/c1-8-6-10(17-12(8)13(15)16)7-18-11-4-2-9(14)3-5-11/h2-6H,7H2,1H3,(H,15,16). The van der Waals surface area contributed by atoms with Gasteiger partial charge < -0.3 is 9.52 Å². The average molecular weight is 327 g/mol. The first-order valence-electron chi connectivity index (χ1n) is 5.27.